The van der Waals surface area contributed by atoms with E-state index in [0.717, 1.165) is 62.7 Å². The summed E-state index contributed by atoms with van der Waals surface area (Å²) in [5.74, 6) is 1.15. The summed E-state index contributed by atoms with van der Waals surface area (Å²) >= 11 is 0. The number of allylic oxidation sites excluding steroid dienone is 2. The molecule has 0 aromatic rings. The fourth-order valence-electron chi connectivity index (χ4n) is 2.86. The Morgan fingerprint density at radius 3 is 2.33 bits per heavy atom. The minimum atomic E-state index is -1.89. The summed E-state index contributed by atoms with van der Waals surface area (Å²) in [6.45, 7) is 13.8. The minimum absolute atomic E-state index is 0.0813. The molecule has 1 rings (SSSR count). The normalized spacial score (nSPS) is 15.4. The van der Waals surface area contributed by atoms with Crippen molar-refractivity contribution >= 4 is 20.1 Å². The SMILES string of the molecule is CCCCOC(=O)CCCCCCC1=C(O[Si](C)(C)C(C)(C)C)CCC1=O. The van der Waals surface area contributed by atoms with Crippen LogP contribution >= 0.6 is 0 Å². The van der Waals surface area contributed by atoms with E-state index in [-0.39, 0.29) is 16.8 Å². The maximum Gasteiger partial charge on any atom is 0.305 e. The van der Waals surface area contributed by atoms with Crippen LogP contribution in [0.15, 0.2) is 11.3 Å². The van der Waals surface area contributed by atoms with Gasteiger partial charge < -0.3 is 9.16 Å². The van der Waals surface area contributed by atoms with Gasteiger partial charge in [0.25, 0.3) is 0 Å². The highest BCUT2D eigenvalue weighted by Gasteiger charge is 2.40. The maximum absolute atomic E-state index is 12.3. The summed E-state index contributed by atoms with van der Waals surface area (Å²) < 4.78 is 11.6. The second-order valence-corrected chi connectivity index (χ2v) is 13.9. The molecule has 0 aliphatic heterocycles. The van der Waals surface area contributed by atoms with Crippen LogP contribution in [0.3, 0.4) is 0 Å². The molecule has 27 heavy (non-hydrogen) atoms. The molecule has 0 heterocycles. The van der Waals surface area contributed by atoms with Gasteiger partial charge in [0.05, 0.1) is 12.4 Å². The molecule has 0 unspecified atom stereocenters. The summed E-state index contributed by atoms with van der Waals surface area (Å²) in [4.78, 5) is 23.8. The molecule has 0 radical (unpaired) electrons. The van der Waals surface area contributed by atoms with Crippen molar-refractivity contribution in [1.82, 2.24) is 0 Å². The standard InChI is InChI=1S/C22H40O4Si/c1-7-8-17-25-21(24)14-12-10-9-11-13-18-19(23)15-16-20(18)26-27(5,6)22(2,3)4/h7-17H2,1-6H3. The van der Waals surface area contributed by atoms with Crippen molar-refractivity contribution in [2.24, 2.45) is 0 Å². The van der Waals surface area contributed by atoms with Crippen LogP contribution in [0.2, 0.25) is 18.1 Å². The fraction of sp³-hybridized carbons (Fsp3) is 0.818. The van der Waals surface area contributed by atoms with Gasteiger partial charge in [0.1, 0.15) is 0 Å². The Morgan fingerprint density at radius 1 is 1.04 bits per heavy atom. The lowest BCUT2D eigenvalue weighted by Gasteiger charge is -2.37. The topological polar surface area (TPSA) is 52.6 Å². The summed E-state index contributed by atoms with van der Waals surface area (Å²) in [7, 11) is -1.89. The lowest BCUT2D eigenvalue weighted by Crippen LogP contribution is -2.40. The Hall–Kier alpha value is -1.10. The Balaban J connectivity index is 2.37. The summed E-state index contributed by atoms with van der Waals surface area (Å²) in [5.41, 5.74) is 0.929. The lowest BCUT2D eigenvalue weighted by atomic mass is 10.0. The first-order valence-corrected chi connectivity index (χ1v) is 13.6. The molecule has 0 saturated carbocycles. The second kappa shape index (κ2) is 11.0. The molecule has 0 spiro atoms. The van der Waals surface area contributed by atoms with Crippen molar-refractivity contribution in [3.8, 4) is 0 Å². The third kappa shape index (κ3) is 8.20. The Morgan fingerprint density at radius 2 is 1.70 bits per heavy atom. The van der Waals surface area contributed by atoms with Gasteiger partial charge in [-0.3, -0.25) is 9.59 Å². The summed E-state index contributed by atoms with van der Waals surface area (Å²) in [6.07, 6.45) is 8.55. The van der Waals surface area contributed by atoms with Gasteiger partial charge in [0, 0.05) is 24.8 Å². The molecule has 0 bridgehead atoms. The summed E-state index contributed by atoms with van der Waals surface area (Å²) in [5, 5.41) is 0.141. The average molecular weight is 397 g/mol. The minimum Gasteiger partial charge on any atom is -0.546 e. The molecule has 156 valence electrons. The van der Waals surface area contributed by atoms with Gasteiger partial charge in [-0.05, 0) is 43.8 Å². The number of carbonyl (C=O) groups excluding carboxylic acids is 2. The molecule has 0 saturated heterocycles. The number of unbranched alkanes of at least 4 members (excludes halogenated alkanes) is 4. The van der Waals surface area contributed by atoms with E-state index in [9.17, 15) is 9.59 Å². The Labute approximate surface area is 167 Å². The number of hydrogen-bond donors (Lipinski definition) is 0. The van der Waals surface area contributed by atoms with Crippen molar-refractivity contribution in [3.05, 3.63) is 11.3 Å². The molecular weight excluding hydrogens is 356 g/mol. The number of Topliss-reactive ketones (excluding diaryl/α,β-unsaturated/α-hetero) is 1. The lowest BCUT2D eigenvalue weighted by molar-refractivity contribution is -0.143. The first-order chi connectivity index (χ1) is 12.6. The van der Waals surface area contributed by atoms with Gasteiger partial charge in [-0.15, -0.1) is 0 Å². The predicted molar refractivity (Wildman–Crippen MR) is 113 cm³/mol. The molecule has 0 aromatic heterocycles. The van der Waals surface area contributed by atoms with Crippen LogP contribution in [0.25, 0.3) is 0 Å². The van der Waals surface area contributed by atoms with Crippen LogP contribution in [0, 0.1) is 0 Å². The molecule has 0 N–H and O–H groups in total. The quantitative estimate of drug-likeness (QED) is 0.220. The van der Waals surface area contributed by atoms with E-state index < -0.39 is 8.32 Å². The van der Waals surface area contributed by atoms with E-state index >= 15 is 0 Å². The Kier molecular flexibility index (Phi) is 9.78. The molecule has 4 nitrogen and oxygen atoms in total. The van der Waals surface area contributed by atoms with Crippen LogP contribution in [-0.2, 0) is 18.8 Å². The van der Waals surface area contributed by atoms with Gasteiger partial charge in [-0.2, -0.15) is 0 Å². The largest absolute Gasteiger partial charge is 0.546 e. The van der Waals surface area contributed by atoms with Gasteiger partial charge in [-0.1, -0.05) is 47.0 Å². The van der Waals surface area contributed by atoms with Crippen LogP contribution in [0.4, 0.5) is 0 Å². The van der Waals surface area contributed by atoms with Crippen molar-refractivity contribution in [2.75, 3.05) is 6.61 Å². The van der Waals surface area contributed by atoms with E-state index in [2.05, 4.69) is 40.8 Å². The molecule has 0 atom stereocenters. The maximum atomic E-state index is 12.3. The van der Waals surface area contributed by atoms with E-state index in [1.54, 1.807) is 0 Å². The third-order valence-corrected chi connectivity index (χ3v) is 10.1. The van der Waals surface area contributed by atoms with E-state index in [0.29, 0.717) is 19.4 Å². The van der Waals surface area contributed by atoms with E-state index in [1.165, 1.54) is 0 Å². The van der Waals surface area contributed by atoms with Gasteiger partial charge in [-0.25, -0.2) is 0 Å². The number of carbonyl (C=O) groups is 2. The molecular formula is C22H40O4Si. The Bertz CT molecular complexity index is 529. The molecule has 1 aliphatic rings. The molecule has 0 amide bonds. The molecule has 0 fully saturated rings. The number of rotatable bonds is 12. The average Bonchev–Trinajstić information content (AvgIpc) is 2.89. The number of ketones is 1. The van der Waals surface area contributed by atoms with Crippen LogP contribution < -0.4 is 0 Å². The fourth-order valence-corrected chi connectivity index (χ4v) is 4.01. The van der Waals surface area contributed by atoms with Crippen LogP contribution in [0.5, 0.6) is 0 Å². The third-order valence-electron chi connectivity index (χ3n) is 5.76. The van der Waals surface area contributed by atoms with E-state index in [1.807, 2.05) is 0 Å². The van der Waals surface area contributed by atoms with Crippen molar-refractivity contribution in [3.63, 3.8) is 0 Å². The number of hydrogen-bond acceptors (Lipinski definition) is 4. The van der Waals surface area contributed by atoms with Gasteiger partial charge in [0.2, 0.25) is 8.32 Å². The summed E-state index contributed by atoms with van der Waals surface area (Å²) in [6, 6.07) is 0. The highest BCUT2D eigenvalue weighted by molar-refractivity contribution is 6.74. The van der Waals surface area contributed by atoms with Crippen LogP contribution in [0.1, 0.15) is 91.9 Å². The smallest absolute Gasteiger partial charge is 0.305 e. The van der Waals surface area contributed by atoms with Crippen LogP contribution in [-0.4, -0.2) is 26.7 Å². The number of esters is 1. The predicted octanol–water partition coefficient (Wildman–Crippen LogP) is 6.31. The van der Waals surface area contributed by atoms with Crippen molar-refractivity contribution in [1.29, 1.82) is 0 Å². The second-order valence-electron chi connectivity index (χ2n) is 9.18. The first kappa shape index (κ1) is 23.9. The van der Waals surface area contributed by atoms with Crippen molar-refractivity contribution < 1.29 is 18.8 Å². The molecule has 0 aromatic carbocycles. The van der Waals surface area contributed by atoms with E-state index in [4.69, 9.17) is 9.16 Å². The highest BCUT2D eigenvalue weighted by atomic mass is 28.4. The molecule has 5 heteroatoms. The van der Waals surface area contributed by atoms with Crippen molar-refractivity contribution in [2.45, 2.75) is 110 Å². The highest BCUT2D eigenvalue weighted by Crippen LogP contribution is 2.40. The van der Waals surface area contributed by atoms with Gasteiger partial charge >= 0.3 is 5.97 Å². The zero-order valence-electron chi connectivity index (χ0n) is 18.4. The zero-order chi connectivity index (χ0) is 20.5. The first-order valence-electron chi connectivity index (χ1n) is 10.7. The van der Waals surface area contributed by atoms with Gasteiger partial charge in [0.15, 0.2) is 5.78 Å². The molecule has 1 aliphatic carbocycles. The number of ether oxygens (including phenoxy) is 1. The monoisotopic (exact) mass is 396 g/mol. The zero-order valence-corrected chi connectivity index (χ0v) is 19.4.